The molecule has 102 valence electrons. The van der Waals surface area contributed by atoms with Gasteiger partial charge in [0.25, 0.3) is 0 Å². The van der Waals surface area contributed by atoms with E-state index in [0.29, 0.717) is 5.56 Å². The van der Waals surface area contributed by atoms with E-state index in [1.54, 1.807) is 7.05 Å². The second-order valence-electron chi connectivity index (χ2n) is 5.84. The zero-order valence-electron chi connectivity index (χ0n) is 11.7. The van der Waals surface area contributed by atoms with E-state index < -0.39 is 0 Å². The van der Waals surface area contributed by atoms with Gasteiger partial charge >= 0.3 is 0 Å². The number of amides is 1. The molecule has 20 heavy (non-hydrogen) atoms. The van der Waals surface area contributed by atoms with E-state index in [4.69, 9.17) is 0 Å². The van der Waals surface area contributed by atoms with Crippen molar-refractivity contribution in [3.05, 3.63) is 47.0 Å². The zero-order valence-corrected chi connectivity index (χ0v) is 11.7. The van der Waals surface area contributed by atoms with Gasteiger partial charge in [-0.25, -0.2) is 0 Å². The van der Waals surface area contributed by atoms with E-state index in [0.717, 1.165) is 29.9 Å². The van der Waals surface area contributed by atoms with E-state index in [2.05, 4.69) is 17.4 Å². The number of fused-ring (bicyclic) bond motifs is 2. The fourth-order valence-corrected chi connectivity index (χ4v) is 3.18. The predicted molar refractivity (Wildman–Crippen MR) is 78.9 cm³/mol. The Hall–Kier alpha value is -2.16. The first kappa shape index (κ1) is 12.9. The maximum Gasteiger partial charge on any atom is 0.226 e. The fraction of sp³-hybridized carbons (Fsp3) is 0.294. The van der Waals surface area contributed by atoms with Crippen molar-refractivity contribution in [1.82, 2.24) is 5.32 Å². The van der Waals surface area contributed by atoms with Crippen LogP contribution in [-0.4, -0.2) is 19.2 Å². The highest BCUT2D eigenvalue weighted by Crippen LogP contribution is 2.38. The van der Waals surface area contributed by atoms with Crippen LogP contribution >= 0.6 is 0 Å². The molecule has 0 radical (unpaired) electrons. The van der Waals surface area contributed by atoms with Crippen LogP contribution in [0.1, 0.15) is 28.4 Å². The Balaban J connectivity index is 2.08. The lowest BCUT2D eigenvalue weighted by Crippen LogP contribution is -2.37. The summed E-state index contributed by atoms with van der Waals surface area (Å²) in [4.78, 5) is 22.9. The lowest BCUT2D eigenvalue weighted by Gasteiger charge is -2.20. The van der Waals surface area contributed by atoms with Crippen LogP contribution in [0, 0.1) is 5.41 Å². The number of benzene rings is 2. The Bertz CT molecular complexity index is 720. The molecule has 0 saturated heterocycles. The summed E-state index contributed by atoms with van der Waals surface area (Å²) in [6.07, 6.45) is 2.39. The second-order valence-corrected chi connectivity index (χ2v) is 5.84. The SMILES string of the molecule is CNC(=O)C1(C)Cc2cc3ccc(C=O)cc3cc2C1. The molecule has 3 rings (SSSR count). The van der Waals surface area contributed by atoms with Gasteiger partial charge in [0.15, 0.2) is 0 Å². The molecule has 0 heterocycles. The number of nitrogens with one attached hydrogen (secondary N) is 1. The Morgan fingerprint density at radius 3 is 2.40 bits per heavy atom. The Kier molecular flexibility index (Phi) is 2.85. The minimum Gasteiger partial charge on any atom is -0.359 e. The molecule has 1 atom stereocenters. The molecule has 0 fully saturated rings. The highest BCUT2D eigenvalue weighted by molar-refractivity contribution is 5.91. The summed E-state index contributed by atoms with van der Waals surface area (Å²) in [6.45, 7) is 2.01. The summed E-state index contributed by atoms with van der Waals surface area (Å²) in [5.41, 5.74) is 2.78. The van der Waals surface area contributed by atoms with Gasteiger partial charge in [0.2, 0.25) is 5.91 Å². The highest BCUT2D eigenvalue weighted by atomic mass is 16.2. The van der Waals surface area contributed by atoms with Crippen LogP contribution in [-0.2, 0) is 17.6 Å². The molecule has 1 N–H and O–H groups in total. The van der Waals surface area contributed by atoms with Gasteiger partial charge < -0.3 is 5.32 Å². The number of carbonyl (C=O) groups excluding carboxylic acids is 2. The molecule has 0 bridgehead atoms. The highest BCUT2D eigenvalue weighted by Gasteiger charge is 2.38. The number of carbonyl (C=O) groups is 2. The monoisotopic (exact) mass is 267 g/mol. The molecule has 1 unspecified atom stereocenters. The average Bonchev–Trinajstić information content (AvgIpc) is 2.79. The summed E-state index contributed by atoms with van der Waals surface area (Å²) < 4.78 is 0. The van der Waals surface area contributed by atoms with Gasteiger partial charge in [0.05, 0.1) is 5.41 Å². The number of rotatable bonds is 2. The molecule has 0 aliphatic heterocycles. The first-order valence-electron chi connectivity index (χ1n) is 6.79. The molecule has 0 aromatic heterocycles. The van der Waals surface area contributed by atoms with Crippen LogP contribution in [0.15, 0.2) is 30.3 Å². The first-order chi connectivity index (χ1) is 9.55. The molecule has 2 aromatic carbocycles. The third-order valence-electron chi connectivity index (χ3n) is 4.26. The van der Waals surface area contributed by atoms with Crippen LogP contribution in [0.25, 0.3) is 10.8 Å². The standard InChI is InChI=1S/C17H17NO2/c1-17(16(20)18-2)8-14-6-12-4-3-11(10-19)5-13(12)7-15(14)9-17/h3-7,10H,8-9H2,1-2H3,(H,18,20). The van der Waals surface area contributed by atoms with E-state index in [1.807, 2.05) is 25.1 Å². The van der Waals surface area contributed by atoms with Crippen molar-refractivity contribution in [3.8, 4) is 0 Å². The topological polar surface area (TPSA) is 46.2 Å². The summed E-state index contributed by atoms with van der Waals surface area (Å²) in [7, 11) is 1.68. The molecule has 0 spiro atoms. The molecule has 1 aliphatic rings. The minimum absolute atomic E-state index is 0.0892. The normalized spacial score (nSPS) is 20.7. The first-order valence-corrected chi connectivity index (χ1v) is 6.79. The van der Waals surface area contributed by atoms with Gasteiger partial charge in [0.1, 0.15) is 6.29 Å². The predicted octanol–water partition coefficient (Wildman–Crippen LogP) is 2.50. The van der Waals surface area contributed by atoms with Gasteiger partial charge in [-0.05, 0) is 40.8 Å². The maximum atomic E-state index is 12.0. The fourth-order valence-electron chi connectivity index (χ4n) is 3.18. The van der Waals surface area contributed by atoms with E-state index in [-0.39, 0.29) is 11.3 Å². The van der Waals surface area contributed by atoms with Crippen molar-refractivity contribution in [3.63, 3.8) is 0 Å². The Labute approximate surface area is 118 Å². The number of hydrogen-bond donors (Lipinski definition) is 1. The van der Waals surface area contributed by atoms with Crippen molar-refractivity contribution < 1.29 is 9.59 Å². The van der Waals surface area contributed by atoms with Gasteiger partial charge in [-0.1, -0.05) is 31.2 Å². The van der Waals surface area contributed by atoms with Crippen LogP contribution in [0.4, 0.5) is 0 Å². The average molecular weight is 267 g/mol. The smallest absolute Gasteiger partial charge is 0.226 e. The van der Waals surface area contributed by atoms with Gasteiger partial charge in [0, 0.05) is 12.6 Å². The van der Waals surface area contributed by atoms with Crippen molar-refractivity contribution in [1.29, 1.82) is 0 Å². The van der Waals surface area contributed by atoms with E-state index in [9.17, 15) is 9.59 Å². The number of hydrogen-bond acceptors (Lipinski definition) is 2. The van der Waals surface area contributed by atoms with Crippen molar-refractivity contribution in [2.45, 2.75) is 19.8 Å². The molecule has 3 nitrogen and oxygen atoms in total. The van der Waals surface area contributed by atoms with Crippen LogP contribution < -0.4 is 5.32 Å². The van der Waals surface area contributed by atoms with Crippen molar-refractivity contribution in [2.24, 2.45) is 5.41 Å². The maximum absolute atomic E-state index is 12.0. The molecule has 1 aliphatic carbocycles. The van der Waals surface area contributed by atoms with Crippen molar-refractivity contribution in [2.75, 3.05) is 7.05 Å². The van der Waals surface area contributed by atoms with Crippen LogP contribution in [0.3, 0.4) is 0 Å². The Morgan fingerprint density at radius 1 is 1.15 bits per heavy atom. The van der Waals surface area contributed by atoms with Crippen LogP contribution in [0.5, 0.6) is 0 Å². The minimum atomic E-state index is -0.359. The summed E-state index contributed by atoms with van der Waals surface area (Å²) >= 11 is 0. The van der Waals surface area contributed by atoms with E-state index in [1.165, 1.54) is 11.1 Å². The van der Waals surface area contributed by atoms with Gasteiger partial charge in [-0.2, -0.15) is 0 Å². The number of aldehydes is 1. The third kappa shape index (κ3) is 1.90. The molecular weight excluding hydrogens is 250 g/mol. The Morgan fingerprint density at radius 2 is 1.80 bits per heavy atom. The zero-order chi connectivity index (χ0) is 14.3. The lowest BCUT2D eigenvalue weighted by atomic mass is 9.86. The quantitative estimate of drug-likeness (QED) is 0.850. The molecule has 0 saturated carbocycles. The lowest BCUT2D eigenvalue weighted by molar-refractivity contribution is -0.129. The van der Waals surface area contributed by atoms with Crippen LogP contribution in [0.2, 0.25) is 0 Å². The molecular formula is C17H17NO2. The summed E-state index contributed by atoms with van der Waals surface area (Å²) in [5.74, 6) is 0.0892. The molecule has 1 amide bonds. The third-order valence-corrected chi connectivity index (χ3v) is 4.26. The second kappa shape index (κ2) is 4.44. The largest absolute Gasteiger partial charge is 0.359 e. The molecule has 2 aromatic rings. The molecule has 3 heteroatoms. The summed E-state index contributed by atoms with van der Waals surface area (Å²) in [5, 5.41) is 4.94. The van der Waals surface area contributed by atoms with E-state index >= 15 is 0 Å². The summed E-state index contributed by atoms with van der Waals surface area (Å²) in [6, 6.07) is 9.96. The van der Waals surface area contributed by atoms with Gasteiger partial charge in [-0.3, -0.25) is 9.59 Å². The van der Waals surface area contributed by atoms with Gasteiger partial charge in [-0.15, -0.1) is 0 Å². The van der Waals surface area contributed by atoms with Crippen molar-refractivity contribution >= 4 is 23.0 Å².